The second-order valence-electron chi connectivity index (χ2n) is 6.76. The highest BCUT2D eigenvalue weighted by Gasteiger charge is 2.38. The Morgan fingerprint density at radius 1 is 1.22 bits per heavy atom. The Balaban J connectivity index is 1.38. The lowest BCUT2D eigenvalue weighted by molar-refractivity contribution is -0.128. The van der Waals surface area contributed by atoms with Crippen LogP contribution in [-0.2, 0) is 21.4 Å². The molecule has 1 aromatic heterocycles. The molecule has 0 radical (unpaired) electrons. The summed E-state index contributed by atoms with van der Waals surface area (Å²) in [5.74, 6) is 0.756. The van der Waals surface area contributed by atoms with Crippen molar-refractivity contribution >= 4 is 15.9 Å². The van der Waals surface area contributed by atoms with E-state index in [-0.39, 0.29) is 16.8 Å². The lowest BCUT2D eigenvalue weighted by Crippen LogP contribution is -2.50. The van der Waals surface area contributed by atoms with Gasteiger partial charge in [0.05, 0.1) is 30.8 Å². The van der Waals surface area contributed by atoms with Gasteiger partial charge in [0.25, 0.3) is 0 Å². The van der Waals surface area contributed by atoms with Gasteiger partial charge >= 0.3 is 0 Å². The van der Waals surface area contributed by atoms with E-state index in [0.29, 0.717) is 31.8 Å². The number of likely N-dealkylation sites (tertiary alicyclic amines) is 1. The molecule has 10 heteroatoms. The number of hydrogen-bond acceptors (Lipinski definition) is 6. The quantitative estimate of drug-likeness (QED) is 0.717. The molecule has 2 fully saturated rings. The first-order chi connectivity index (χ1) is 13.0. The number of nitrogens with zero attached hydrogens (tertiary/aromatic N) is 5. The largest absolute Gasteiger partial charge is 0.497 e. The fourth-order valence-corrected chi connectivity index (χ4v) is 4.82. The van der Waals surface area contributed by atoms with Crippen LogP contribution >= 0.6 is 0 Å². The summed E-state index contributed by atoms with van der Waals surface area (Å²) in [4.78, 5) is 13.7. The minimum atomic E-state index is -3.52. The van der Waals surface area contributed by atoms with E-state index in [4.69, 9.17) is 4.74 Å². The molecule has 0 bridgehead atoms. The molecule has 0 N–H and O–H groups in total. The molecule has 4 rings (SSSR count). The molecule has 2 aromatic rings. The van der Waals surface area contributed by atoms with Gasteiger partial charge in [0.15, 0.2) is 0 Å². The molecule has 0 aliphatic carbocycles. The van der Waals surface area contributed by atoms with Gasteiger partial charge in [-0.25, -0.2) is 13.1 Å². The maximum absolute atomic E-state index is 12.7. The van der Waals surface area contributed by atoms with E-state index in [1.54, 1.807) is 40.0 Å². The highest BCUT2D eigenvalue weighted by molar-refractivity contribution is 7.89. The fraction of sp³-hybridized carbons (Fsp3) is 0.471. The van der Waals surface area contributed by atoms with E-state index in [9.17, 15) is 13.2 Å². The van der Waals surface area contributed by atoms with E-state index < -0.39 is 10.0 Å². The molecule has 0 unspecified atom stereocenters. The predicted octanol–water partition coefficient (Wildman–Crippen LogP) is 0.655. The highest BCUT2D eigenvalue weighted by atomic mass is 32.2. The van der Waals surface area contributed by atoms with Crippen LogP contribution in [0.2, 0.25) is 0 Å². The maximum atomic E-state index is 12.7. The minimum absolute atomic E-state index is 0.0476. The molecule has 0 atom stereocenters. The molecule has 1 amide bonds. The summed E-state index contributed by atoms with van der Waals surface area (Å²) >= 11 is 0. The third kappa shape index (κ3) is 3.42. The second kappa shape index (κ2) is 6.93. The van der Waals surface area contributed by atoms with E-state index in [2.05, 4.69) is 10.3 Å². The molecule has 2 aliphatic rings. The normalized spacial score (nSPS) is 18.7. The van der Waals surface area contributed by atoms with Crippen molar-refractivity contribution in [1.29, 1.82) is 0 Å². The molecule has 144 valence electrons. The molecular formula is C17H21N5O4S. The highest BCUT2D eigenvalue weighted by Crippen LogP contribution is 2.28. The van der Waals surface area contributed by atoms with Gasteiger partial charge in [-0.1, -0.05) is 5.21 Å². The van der Waals surface area contributed by atoms with E-state index >= 15 is 0 Å². The molecule has 9 nitrogen and oxygen atoms in total. The maximum Gasteiger partial charge on any atom is 0.243 e. The third-order valence-electron chi connectivity index (χ3n) is 4.98. The van der Waals surface area contributed by atoms with Crippen LogP contribution in [0.4, 0.5) is 0 Å². The number of ether oxygens (including phenoxy) is 1. The average molecular weight is 391 g/mol. The zero-order chi connectivity index (χ0) is 19.0. The van der Waals surface area contributed by atoms with Gasteiger partial charge < -0.3 is 9.64 Å². The summed E-state index contributed by atoms with van der Waals surface area (Å²) < 4.78 is 33.5. The van der Waals surface area contributed by atoms with Crippen LogP contribution in [0.25, 0.3) is 0 Å². The standard InChI is InChI=1S/C17H21N5O4S/c1-26-15-4-6-16(7-5-15)27(24,25)21-11-14(12-21)22-10-13(18-19-22)9-20-8-2-3-17(20)23/h4-7,10,14H,2-3,8-9,11-12H2,1H3. The van der Waals surface area contributed by atoms with E-state index in [0.717, 1.165) is 18.7 Å². The molecule has 0 spiro atoms. The van der Waals surface area contributed by atoms with E-state index in [1.807, 2.05) is 0 Å². The smallest absolute Gasteiger partial charge is 0.243 e. The Morgan fingerprint density at radius 2 is 1.96 bits per heavy atom. The molecule has 3 heterocycles. The number of carbonyl (C=O) groups is 1. The second-order valence-corrected chi connectivity index (χ2v) is 8.70. The van der Waals surface area contributed by atoms with Gasteiger partial charge in [-0.3, -0.25) is 4.79 Å². The number of hydrogen-bond donors (Lipinski definition) is 0. The number of amides is 1. The number of sulfonamides is 1. The number of carbonyl (C=O) groups excluding carboxylic acids is 1. The van der Waals surface area contributed by atoms with E-state index in [1.165, 1.54) is 11.4 Å². The van der Waals surface area contributed by atoms with Crippen LogP contribution in [0, 0.1) is 0 Å². The number of benzene rings is 1. The number of aromatic nitrogens is 3. The first kappa shape index (κ1) is 17.9. The van der Waals surface area contributed by atoms with Crippen molar-refractivity contribution < 1.29 is 17.9 Å². The van der Waals surface area contributed by atoms with Crippen LogP contribution in [0.1, 0.15) is 24.6 Å². The summed E-state index contributed by atoms with van der Waals surface area (Å²) in [5, 5.41) is 8.23. The Kier molecular flexibility index (Phi) is 4.60. The Hall–Kier alpha value is -2.46. The van der Waals surface area contributed by atoms with Gasteiger partial charge in [-0.15, -0.1) is 5.10 Å². The van der Waals surface area contributed by atoms with Crippen LogP contribution in [0.5, 0.6) is 5.75 Å². The van der Waals surface area contributed by atoms with Crippen molar-refractivity contribution in [3.63, 3.8) is 0 Å². The fourth-order valence-electron chi connectivity index (χ4n) is 3.31. The zero-order valence-electron chi connectivity index (χ0n) is 15.0. The molecule has 2 aliphatic heterocycles. The summed E-state index contributed by atoms with van der Waals surface area (Å²) in [6, 6.07) is 6.30. The van der Waals surface area contributed by atoms with Gasteiger partial charge in [0.1, 0.15) is 11.4 Å². The van der Waals surface area contributed by atoms with Gasteiger partial charge in [-0.2, -0.15) is 4.31 Å². The SMILES string of the molecule is COc1ccc(S(=O)(=O)N2CC(n3cc(CN4CCCC4=O)nn3)C2)cc1. The minimum Gasteiger partial charge on any atom is -0.497 e. The molecule has 0 saturated carbocycles. The monoisotopic (exact) mass is 391 g/mol. The van der Waals surface area contributed by atoms with Gasteiger partial charge in [-0.05, 0) is 30.7 Å². The summed E-state index contributed by atoms with van der Waals surface area (Å²) in [6.07, 6.45) is 3.27. The molecule has 2 saturated heterocycles. The van der Waals surface area contributed by atoms with Crippen molar-refractivity contribution in [3.05, 3.63) is 36.2 Å². The van der Waals surface area contributed by atoms with Crippen LogP contribution < -0.4 is 4.74 Å². The Bertz CT molecular complexity index is 934. The molecule has 27 heavy (non-hydrogen) atoms. The van der Waals surface area contributed by atoms with Crippen LogP contribution in [-0.4, -0.2) is 65.3 Å². The predicted molar refractivity (Wildman–Crippen MR) is 95.5 cm³/mol. The lowest BCUT2D eigenvalue weighted by atomic mass is 10.2. The third-order valence-corrected chi connectivity index (χ3v) is 6.83. The number of methoxy groups -OCH3 is 1. The van der Waals surface area contributed by atoms with Crippen LogP contribution in [0.3, 0.4) is 0 Å². The first-order valence-electron chi connectivity index (χ1n) is 8.80. The molecule has 1 aromatic carbocycles. The van der Waals surface area contributed by atoms with Crippen molar-refractivity contribution in [1.82, 2.24) is 24.2 Å². The summed E-state index contributed by atoms with van der Waals surface area (Å²) in [7, 11) is -1.99. The Morgan fingerprint density at radius 3 is 2.59 bits per heavy atom. The molecular weight excluding hydrogens is 370 g/mol. The summed E-state index contributed by atoms with van der Waals surface area (Å²) in [6.45, 7) is 1.90. The Labute approximate surface area is 157 Å². The van der Waals surface area contributed by atoms with Crippen molar-refractivity contribution in [3.8, 4) is 5.75 Å². The van der Waals surface area contributed by atoms with Gasteiger partial charge in [0, 0.05) is 26.1 Å². The first-order valence-corrected chi connectivity index (χ1v) is 10.2. The van der Waals surface area contributed by atoms with Crippen LogP contribution in [0.15, 0.2) is 35.4 Å². The topological polar surface area (TPSA) is 97.6 Å². The number of rotatable bonds is 6. The van der Waals surface area contributed by atoms with Crippen molar-refractivity contribution in [2.24, 2.45) is 0 Å². The van der Waals surface area contributed by atoms with Gasteiger partial charge in [0.2, 0.25) is 15.9 Å². The zero-order valence-corrected chi connectivity index (χ0v) is 15.8. The van der Waals surface area contributed by atoms with Crippen molar-refractivity contribution in [2.75, 3.05) is 26.7 Å². The lowest BCUT2D eigenvalue weighted by Gasteiger charge is -2.37. The van der Waals surface area contributed by atoms with Crippen molar-refractivity contribution in [2.45, 2.75) is 30.3 Å². The summed E-state index contributed by atoms with van der Waals surface area (Å²) in [5.41, 5.74) is 0.724. The average Bonchev–Trinajstić information content (AvgIpc) is 3.23.